The van der Waals surface area contributed by atoms with E-state index in [0.29, 0.717) is 12.8 Å². The molecule has 4 nitrogen and oxygen atoms in total. The van der Waals surface area contributed by atoms with Gasteiger partial charge in [0.2, 0.25) is 5.91 Å². The fraction of sp³-hybridized carbons (Fsp3) is 0.250. The maximum Gasteiger partial charge on any atom is 0.328 e. The van der Waals surface area contributed by atoms with E-state index in [4.69, 9.17) is 5.11 Å². The van der Waals surface area contributed by atoms with Gasteiger partial charge in [-0.1, -0.05) is 48.0 Å². The zero-order valence-corrected chi connectivity index (χ0v) is 16.4. The second-order valence-corrected chi connectivity index (χ2v) is 6.96. The van der Waals surface area contributed by atoms with Gasteiger partial charge in [0.25, 0.3) is 0 Å². The van der Waals surface area contributed by atoms with Crippen molar-refractivity contribution in [1.29, 1.82) is 0 Å². The summed E-state index contributed by atoms with van der Waals surface area (Å²) in [5.41, 5.74) is 4.95. The molecule has 0 aromatic heterocycles. The molecular formula is C24H27NO3. The smallest absolute Gasteiger partial charge is 0.328 e. The van der Waals surface area contributed by atoms with Crippen molar-refractivity contribution < 1.29 is 14.7 Å². The van der Waals surface area contributed by atoms with Gasteiger partial charge in [0.1, 0.15) is 0 Å². The molecule has 0 aliphatic heterocycles. The van der Waals surface area contributed by atoms with Gasteiger partial charge in [-0.05, 0) is 68.0 Å². The number of hydrogen-bond donors (Lipinski definition) is 2. The number of allylic oxidation sites excluding steroid dienone is 2. The Morgan fingerprint density at radius 2 is 1.82 bits per heavy atom. The predicted octanol–water partition coefficient (Wildman–Crippen LogP) is 5.25. The van der Waals surface area contributed by atoms with E-state index >= 15 is 0 Å². The molecule has 2 rings (SSSR count). The largest absolute Gasteiger partial charge is 0.478 e. The summed E-state index contributed by atoms with van der Waals surface area (Å²) in [4.78, 5) is 23.1. The third-order valence-electron chi connectivity index (χ3n) is 4.26. The highest BCUT2D eigenvalue weighted by molar-refractivity contribution is 5.92. The number of carboxylic acid groups (broad SMARTS) is 1. The fourth-order valence-corrected chi connectivity index (χ4v) is 2.80. The first-order valence-electron chi connectivity index (χ1n) is 9.45. The summed E-state index contributed by atoms with van der Waals surface area (Å²) >= 11 is 0. The minimum Gasteiger partial charge on any atom is -0.478 e. The van der Waals surface area contributed by atoms with Gasteiger partial charge in [0.15, 0.2) is 0 Å². The van der Waals surface area contributed by atoms with E-state index < -0.39 is 5.97 Å². The molecule has 2 N–H and O–H groups in total. The van der Waals surface area contributed by atoms with Crippen LogP contribution >= 0.6 is 0 Å². The molecule has 0 atom stereocenters. The Hall–Kier alpha value is -3.14. The second-order valence-electron chi connectivity index (χ2n) is 6.96. The van der Waals surface area contributed by atoms with Gasteiger partial charge < -0.3 is 10.4 Å². The van der Waals surface area contributed by atoms with Crippen LogP contribution in [0, 0.1) is 0 Å². The Labute approximate surface area is 166 Å². The van der Waals surface area contributed by atoms with Crippen LogP contribution < -0.4 is 5.32 Å². The van der Waals surface area contributed by atoms with Crippen LogP contribution in [0.3, 0.4) is 0 Å². The number of rotatable bonds is 9. The van der Waals surface area contributed by atoms with Crippen molar-refractivity contribution in [3.05, 3.63) is 82.9 Å². The highest BCUT2D eigenvalue weighted by Gasteiger charge is 2.08. The third-order valence-corrected chi connectivity index (χ3v) is 4.26. The van der Waals surface area contributed by atoms with Crippen molar-refractivity contribution in [2.45, 2.75) is 39.5 Å². The molecule has 0 saturated carbocycles. The summed E-state index contributed by atoms with van der Waals surface area (Å²) < 4.78 is 0. The minimum atomic E-state index is -0.985. The molecule has 0 aliphatic carbocycles. The number of benzene rings is 2. The highest BCUT2D eigenvalue weighted by Crippen LogP contribution is 2.21. The first-order chi connectivity index (χ1) is 13.4. The van der Waals surface area contributed by atoms with Crippen LogP contribution in [0.2, 0.25) is 0 Å². The number of aliphatic carboxylic acids is 1. The summed E-state index contributed by atoms with van der Waals surface area (Å²) in [7, 11) is 0. The summed E-state index contributed by atoms with van der Waals surface area (Å²) in [5.74, 6) is -0.996. The molecule has 4 heteroatoms. The lowest BCUT2D eigenvalue weighted by molar-refractivity contribution is -0.131. The van der Waals surface area contributed by atoms with Crippen molar-refractivity contribution in [2.24, 2.45) is 0 Å². The summed E-state index contributed by atoms with van der Waals surface area (Å²) in [6.07, 6.45) is 7.55. The van der Waals surface area contributed by atoms with Gasteiger partial charge in [-0.25, -0.2) is 4.79 Å². The molecule has 2 aromatic carbocycles. The van der Waals surface area contributed by atoms with E-state index in [1.807, 2.05) is 50.2 Å². The molecule has 0 bridgehead atoms. The average Bonchev–Trinajstić information content (AvgIpc) is 2.66. The van der Waals surface area contributed by atoms with Gasteiger partial charge >= 0.3 is 5.97 Å². The van der Waals surface area contributed by atoms with Gasteiger partial charge in [0.05, 0.1) is 0 Å². The maximum atomic E-state index is 12.4. The Bertz CT molecular complexity index is 863. The Morgan fingerprint density at radius 1 is 1.07 bits per heavy atom. The van der Waals surface area contributed by atoms with Crippen LogP contribution in [0.1, 0.15) is 43.4 Å². The molecule has 2 aromatic rings. The van der Waals surface area contributed by atoms with E-state index in [9.17, 15) is 9.59 Å². The summed E-state index contributed by atoms with van der Waals surface area (Å²) in [6, 6.07) is 15.7. The first kappa shape index (κ1) is 21.2. The number of anilines is 1. The number of nitrogens with one attached hydrogen (secondary N) is 1. The average molecular weight is 377 g/mol. The minimum absolute atomic E-state index is 0.0109. The monoisotopic (exact) mass is 377 g/mol. The Balaban J connectivity index is 2.03. The zero-order chi connectivity index (χ0) is 20.4. The first-order valence-corrected chi connectivity index (χ1v) is 9.45. The van der Waals surface area contributed by atoms with Gasteiger partial charge in [-0.3, -0.25) is 4.79 Å². The molecule has 0 radical (unpaired) electrons. The van der Waals surface area contributed by atoms with E-state index in [0.717, 1.165) is 35.7 Å². The molecule has 28 heavy (non-hydrogen) atoms. The van der Waals surface area contributed by atoms with Crippen LogP contribution in [-0.2, 0) is 22.4 Å². The van der Waals surface area contributed by atoms with E-state index in [2.05, 4.69) is 23.5 Å². The fourth-order valence-electron chi connectivity index (χ4n) is 2.80. The summed E-state index contributed by atoms with van der Waals surface area (Å²) in [5, 5.41) is 11.8. The number of hydrogen-bond acceptors (Lipinski definition) is 2. The standard InChI is InChI=1S/C24H27NO3/c1-18(2)11-14-21-17-20(13-16-24(27)28)12-15-22(21)25-23(26)10-6-9-19-7-4-3-5-8-19/h3-5,7-8,11-13,15-17H,6,9-10,14H2,1-2H3,(H,25,26)(H,27,28)/b16-13+. The second kappa shape index (κ2) is 10.9. The van der Waals surface area contributed by atoms with Crippen LogP contribution in [0.25, 0.3) is 6.08 Å². The SMILES string of the molecule is CC(C)=CCc1cc(/C=C/C(=O)O)ccc1NC(=O)CCCc1ccccc1. The van der Waals surface area contributed by atoms with Crippen molar-refractivity contribution in [2.75, 3.05) is 5.32 Å². The van der Waals surface area contributed by atoms with Crippen LogP contribution in [-0.4, -0.2) is 17.0 Å². The molecule has 0 fully saturated rings. The maximum absolute atomic E-state index is 12.4. The summed E-state index contributed by atoms with van der Waals surface area (Å²) in [6.45, 7) is 4.05. The Morgan fingerprint density at radius 3 is 2.50 bits per heavy atom. The number of carbonyl (C=O) groups is 2. The highest BCUT2D eigenvalue weighted by atomic mass is 16.4. The molecule has 1 amide bonds. The Kier molecular flexibility index (Phi) is 8.22. The van der Waals surface area contributed by atoms with Crippen LogP contribution in [0.4, 0.5) is 5.69 Å². The molecule has 146 valence electrons. The van der Waals surface area contributed by atoms with Crippen molar-refractivity contribution in [3.8, 4) is 0 Å². The van der Waals surface area contributed by atoms with Gasteiger partial charge in [-0.15, -0.1) is 0 Å². The normalized spacial score (nSPS) is 10.6. The van der Waals surface area contributed by atoms with Crippen molar-refractivity contribution >= 4 is 23.6 Å². The lowest BCUT2D eigenvalue weighted by atomic mass is 10.0. The van der Waals surface area contributed by atoms with Gasteiger partial charge in [0, 0.05) is 18.2 Å². The van der Waals surface area contributed by atoms with Crippen LogP contribution in [0.5, 0.6) is 0 Å². The lowest BCUT2D eigenvalue weighted by Crippen LogP contribution is -2.13. The van der Waals surface area contributed by atoms with Gasteiger partial charge in [-0.2, -0.15) is 0 Å². The molecule has 0 spiro atoms. The lowest BCUT2D eigenvalue weighted by Gasteiger charge is -2.12. The number of carboxylic acids is 1. The number of amides is 1. The van der Waals surface area contributed by atoms with E-state index in [1.54, 1.807) is 6.08 Å². The third kappa shape index (κ3) is 7.62. The number of aryl methyl sites for hydroxylation is 1. The molecule has 0 aliphatic rings. The molecule has 0 unspecified atom stereocenters. The topological polar surface area (TPSA) is 66.4 Å². The van der Waals surface area contributed by atoms with E-state index in [1.165, 1.54) is 11.1 Å². The molecule has 0 saturated heterocycles. The zero-order valence-electron chi connectivity index (χ0n) is 16.4. The van der Waals surface area contributed by atoms with Crippen LogP contribution in [0.15, 0.2) is 66.3 Å². The quantitative estimate of drug-likeness (QED) is 0.463. The number of carbonyl (C=O) groups excluding carboxylic acids is 1. The predicted molar refractivity (Wildman–Crippen MR) is 114 cm³/mol. The van der Waals surface area contributed by atoms with E-state index in [-0.39, 0.29) is 5.91 Å². The van der Waals surface area contributed by atoms with Crippen molar-refractivity contribution in [3.63, 3.8) is 0 Å². The molecule has 0 heterocycles. The molecular weight excluding hydrogens is 350 g/mol. The van der Waals surface area contributed by atoms with Crippen molar-refractivity contribution in [1.82, 2.24) is 0 Å².